The first-order valence-corrected chi connectivity index (χ1v) is 6.91. The number of aromatic carboxylic acids is 1. The maximum Gasteiger partial charge on any atom is 0.343 e. The second kappa shape index (κ2) is 7.82. The molecule has 118 valence electrons. The minimum absolute atomic E-state index is 0.0239. The third kappa shape index (κ3) is 4.22. The van der Waals surface area contributed by atoms with E-state index >= 15 is 0 Å². The molecule has 1 aromatic rings. The highest BCUT2D eigenvalue weighted by molar-refractivity contribution is 6.41. The van der Waals surface area contributed by atoms with Gasteiger partial charge < -0.3 is 15.2 Å². The zero-order chi connectivity index (χ0) is 16.9. The van der Waals surface area contributed by atoms with E-state index in [0.29, 0.717) is 0 Å². The Kier molecular flexibility index (Phi) is 6.39. The van der Waals surface area contributed by atoms with Crippen molar-refractivity contribution in [2.75, 3.05) is 11.9 Å². The number of halogens is 2. The molecule has 2 N–H and O–H groups in total. The third-order valence-electron chi connectivity index (χ3n) is 2.55. The standard InChI is InChI=1S/C14H13Cl2NO5/c1-3-22-14(21)8(7(2)18)6-17-10-5-4-9(15)11(12(10)16)13(19)20/h4-6,17H,3H2,1-2H3,(H,19,20). The van der Waals surface area contributed by atoms with Gasteiger partial charge in [-0.15, -0.1) is 0 Å². The molecule has 0 saturated carbocycles. The number of ether oxygens (including phenoxy) is 1. The number of hydrogen-bond acceptors (Lipinski definition) is 5. The molecule has 0 spiro atoms. The summed E-state index contributed by atoms with van der Waals surface area (Å²) in [6.07, 6.45) is 1.11. The first-order valence-electron chi connectivity index (χ1n) is 6.15. The minimum atomic E-state index is -1.29. The van der Waals surface area contributed by atoms with Gasteiger partial charge in [0, 0.05) is 6.20 Å². The number of Topliss-reactive ketones (excluding diaryl/α,β-unsaturated/α-hetero) is 1. The van der Waals surface area contributed by atoms with E-state index in [4.69, 9.17) is 33.0 Å². The fourth-order valence-corrected chi connectivity index (χ4v) is 2.11. The van der Waals surface area contributed by atoms with Gasteiger partial charge in [-0.05, 0) is 26.0 Å². The molecular formula is C14H13Cl2NO5. The van der Waals surface area contributed by atoms with Crippen molar-refractivity contribution >= 4 is 46.6 Å². The number of carboxylic acid groups (broad SMARTS) is 1. The normalized spacial score (nSPS) is 11.0. The maximum absolute atomic E-state index is 11.6. The Morgan fingerprint density at radius 3 is 2.45 bits per heavy atom. The number of rotatable bonds is 6. The van der Waals surface area contributed by atoms with Crippen molar-refractivity contribution < 1.29 is 24.2 Å². The Bertz CT molecular complexity index is 655. The fourth-order valence-electron chi connectivity index (χ4n) is 1.52. The molecule has 0 radical (unpaired) electrons. The molecule has 0 fully saturated rings. The van der Waals surface area contributed by atoms with Crippen molar-refractivity contribution in [3.8, 4) is 0 Å². The van der Waals surface area contributed by atoms with Gasteiger partial charge in [0.15, 0.2) is 5.78 Å². The van der Waals surface area contributed by atoms with Crippen molar-refractivity contribution in [3.05, 3.63) is 39.5 Å². The summed E-state index contributed by atoms with van der Waals surface area (Å²) >= 11 is 11.7. The van der Waals surface area contributed by atoms with Gasteiger partial charge in [0.25, 0.3) is 0 Å². The van der Waals surface area contributed by atoms with Crippen molar-refractivity contribution in [2.45, 2.75) is 13.8 Å². The number of carboxylic acids is 1. The lowest BCUT2D eigenvalue weighted by atomic mass is 10.2. The van der Waals surface area contributed by atoms with Crippen LogP contribution in [0, 0.1) is 0 Å². The average Bonchev–Trinajstić information content (AvgIpc) is 2.40. The van der Waals surface area contributed by atoms with E-state index in [-0.39, 0.29) is 33.5 Å². The minimum Gasteiger partial charge on any atom is -0.478 e. The lowest BCUT2D eigenvalue weighted by Crippen LogP contribution is -2.15. The number of anilines is 1. The molecule has 6 nitrogen and oxygen atoms in total. The number of hydrogen-bond donors (Lipinski definition) is 2. The number of carbonyl (C=O) groups is 3. The highest BCUT2D eigenvalue weighted by Crippen LogP contribution is 2.31. The predicted molar refractivity (Wildman–Crippen MR) is 82.4 cm³/mol. The van der Waals surface area contributed by atoms with E-state index in [9.17, 15) is 14.4 Å². The molecule has 22 heavy (non-hydrogen) atoms. The van der Waals surface area contributed by atoms with Gasteiger partial charge in [-0.25, -0.2) is 9.59 Å². The highest BCUT2D eigenvalue weighted by Gasteiger charge is 2.18. The molecule has 0 aliphatic heterocycles. The van der Waals surface area contributed by atoms with Crippen LogP contribution >= 0.6 is 23.2 Å². The molecule has 0 amide bonds. The number of benzene rings is 1. The highest BCUT2D eigenvalue weighted by atomic mass is 35.5. The van der Waals surface area contributed by atoms with Crippen LogP contribution in [0.15, 0.2) is 23.9 Å². The smallest absolute Gasteiger partial charge is 0.343 e. The predicted octanol–water partition coefficient (Wildman–Crippen LogP) is 3.14. The Labute approximate surface area is 136 Å². The SMILES string of the molecule is CCOC(=O)C(=CNc1ccc(Cl)c(C(=O)O)c1Cl)C(C)=O. The van der Waals surface area contributed by atoms with E-state index in [1.807, 2.05) is 0 Å². The third-order valence-corrected chi connectivity index (χ3v) is 3.26. The molecule has 0 heterocycles. The van der Waals surface area contributed by atoms with Crippen LogP contribution in [0.25, 0.3) is 0 Å². The molecule has 0 saturated heterocycles. The first-order chi connectivity index (χ1) is 10.3. The van der Waals surface area contributed by atoms with E-state index in [0.717, 1.165) is 6.20 Å². The van der Waals surface area contributed by atoms with Gasteiger partial charge in [0.05, 0.1) is 27.9 Å². The summed E-state index contributed by atoms with van der Waals surface area (Å²) in [5.74, 6) is -2.58. The number of nitrogens with one attached hydrogen (secondary N) is 1. The van der Waals surface area contributed by atoms with E-state index in [1.54, 1.807) is 6.92 Å². The lowest BCUT2D eigenvalue weighted by Gasteiger charge is -2.09. The Morgan fingerprint density at radius 2 is 1.95 bits per heavy atom. The van der Waals surface area contributed by atoms with Crippen LogP contribution in [-0.4, -0.2) is 29.4 Å². The van der Waals surface area contributed by atoms with Gasteiger partial charge in [0.1, 0.15) is 5.57 Å². The van der Waals surface area contributed by atoms with Gasteiger partial charge in [-0.3, -0.25) is 4.79 Å². The summed E-state index contributed by atoms with van der Waals surface area (Å²) in [5, 5.41) is 11.5. The van der Waals surface area contributed by atoms with Crippen molar-refractivity contribution in [2.24, 2.45) is 0 Å². The van der Waals surface area contributed by atoms with Crippen LogP contribution in [0.3, 0.4) is 0 Å². The monoisotopic (exact) mass is 345 g/mol. The zero-order valence-corrected chi connectivity index (χ0v) is 13.3. The summed E-state index contributed by atoms with van der Waals surface area (Å²) in [5.41, 5.74) is -0.307. The Hall–Kier alpha value is -2.05. The summed E-state index contributed by atoms with van der Waals surface area (Å²) in [4.78, 5) is 34.2. The number of carbonyl (C=O) groups excluding carboxylic acids is 2. The Morgan fingerprint density at radius 1 is 1.32 bits per heavy atom. The summed E-state index contributed by atoms with van der Waals surface area (Å²) in [6.45, 7) is 2.93. The Balaban J connectivity index is 3.16. The maximum atomic E-state index is 11.6. The lowest BCUT2D eigenvalue weighted by molar-refractivity contribution is -0.139. The number of ketones is 1. The van der Waals surface area contributed by atoms with Crippen molar-refractivity contribution in [3.63, 3.8) is 0 Å². The second-order valence-corrected chi connectivity index (χ2v) is 4.85. The van der Waals surface area contributed by atoms with Crippen LogP contribution in [0.2, 0.25) is 10.0 Å². The summed E-state index contributed by atoms with van der Waals surface area (Å²) in [7, 11) is 0. The molecule has 0 unspecified atom stereocenters. The van der Waals surface area contributed by atoms with E-state index in [2.05, 4.69) is 5.32 Å². The number of esters is 1. The molecule has 1 aromatic carbocycles. The molecule has 0 atom stereocenters. The summed E-state index contributed by atoms with van der Waals surface area (Å²) in [6, 6.07) is 2.77. The van der Waals surface area contributed by atoms with Gasteiger partial charge in [-0.2, -0.15) is 0 Å². The molecule has 8 heteroatoms. The average molecular weight is 346 g/mol. The zero-order valence-electron chi connectivity index (χ0n) is 11.8. The van der Waals surface area contributed by atoms with E-state index < -0.39 is 17.7 Å². The molecule has 0 aliphatic carbocycles. The van der Waals surface area contributed by atoms with Gasteiger partial charge in [0.2, 0.25) is 0 Å². The quantitative estimate of drug-likeness (QED) is 0.356. The van der Waals surface area contributed by atoms with Crippen LogP contribution in [-0.2, 0) is 14.3 Å². The van der Waals surface area contributed by atoms with Crippen LogP contribution in [0.5, 0.6) is 0 Å². The fraction of sp³-hybridized carbons (Fsp3) is 0.214. The topological polar surface area (TPSA) is 92.7 Å². The molecule has 1 rings (SSSR count). The molecule has 0 bridgehead atoms. The van der Waals surface area contributed by atoms with E-state index in [1.165, 1.54) is 19.1 Å². The largest absolute Gasteiger partial charge is 0.478 e. The van der Waals surface area contributed by atoms with Crippen LogP contribution < -0.4 is 5.32 Å². The van der Waals surface area contributed by atoms with Gasteiger partial charge >= 0.3 is 11.9 Å². The molecular weight excluding hydrogens is 333 g/mol. The molecule has 0 aromatic heterocycles. The van der Waals surface area contributed by atoms with Gasteiger partial charge in [-0.1, -0.05) is 23.2 Å². The summed E-state index contributed by atoms with van der Waals surface area (Å²) < 4.78 is 4.75. The van der Waals surface area contributed by atoms with Crippen LogP contribution in [0.4, 0.5) is 5.69 Å². The van der Waals surface area contributed by atoms with Crippen molar-refractivity contribution in [1.29, 1.82) is 0 Å². The second-order valence-electron chi connectivity index (χ2n) is 4.07. The van der Waals surface area contributed by atoms with Crippen LogP contribution in [0.1, 0.15) is 24.2 Å². The molecule has 0 aliphatic rings. The van der Waals surface area contributed by atoms with Crippen molar-refractivity contribution in [1.82, 2.24) is 0 Å². The first kappa shape index (κ1) is 18.0.